The van der Waals surface area contributed by atoms with Crippen molar-refractivity contribution in [3.63, 3.8) is 0 Å². The number of hydrogen-bond acceptors (Lipinski definition) is 8. The number of aryl methyl sites for hydroxylation is 1. The number of piperidine rings is 2. The van der Waals surface area contributed by atoms with Gasteiger partial charge >= 0.3 is 6.18 Å². The number of hydrogen-bond donors (Lipinski definition) is 3. The third kappa shape index (κ3) is 10.1. The SMILES string of the molecule is CC(C)Oc1cc2nc(CCCCCCN3CCC(c4ccc(NC5CCC(=O)NC5=O)cc4)CC3)cn2cc1NC(=O)c1cccc(C(F)(F)F)n1. The number of imide groups is 1. The van der Waals surface area contributed by atoms with Gasteiger partial charge in [-0.05, 0) is 108 Å². The minimum atomic E-state index is -4.66. The summed E-state index contributed by atoms with van der Waals surface area (Å²) in [5.74, 6) is -0.367. The maximum atomic E-state index is 13.2. The smallest absolute Gasteiger partial charge is 0.433 e. The zero-order chi connectivity index (χ0) is 37.5. The van der Waals surface area contributed by atoms with Crippen LogP contribution < -0.4 is 20.7 Å². The molecule has 1 aromatic carbocycles. The minimum Gasteiger partial charge on any atom is -0.489 e. The quantitative estimate of drug-likeness (QED) is 0.0935. The average Bonchev–Trinajstić information content (AvgIpc) is 3.52. The van der Waals surface area contributed by atoms with Gasteiger partial charge in [-0.15, -0.1) is 0 Å². The lowest BCUT2D eigenvalue weighted by molar-refractivity contribution is -0.141. The Morgan fingerprint density at radius 3 is 2.45 bits per heavy atom. The van der Waals surface area contributed by atoms with Crippen LogP contribution in [0.2, 0.25) is 0 Å². The van der Waals surface area contributed by atoms with E-state index in [1.165, 1.54) is 11.6 Å². The molecule has 3 amide bonds. The number of halogens is 3. The average molecular weight is 734 g/mol. The first-order valence-electron chi connectivity index (χ1n) is 18.4. The summed E-state index contributed by atoms with van der Waals surface area (Å²) in [7, 11) is 0. The topological polar surface area (TPSA) is 130 Å². The Balaban J connectivity index is 0.928. The highest BCUT2D eigenvalue weighted by atomic mass is 19.4. The number of alkyl halides is 3. The summed E-state index contributed by atoms with van der Waals surface area (Å²) < 4.78 is 47.2. The van der Waals surface area contributed by atoms with Crippen LogP contribution in [0.3, 0.4) is 0 Å². The molecule has 14 heteroatoms. The Morgan fingerprint density at radius 1 is 0.981 bits per heavy atom. The number of ether oxygens (including phenoxy) is 1. The van der Waals surface area contributed by atoms with Crippen LogP contribution in [0.5, 0.6) is 5.75 Å². The van der Waals surface area contributed by atoms with E-state index in [0.717, 1.165) is 88.1 Å². The van der Waals surface area contributed by atoms with Crippen molar-refractivity contribution in [2.75, 3.05) is 30.3 Å². The van der Waals surface area contributed by atoms with E-state index in [0.29, 0.717) is 35.8 Å². The standard InChI is InChI=1S/C39H46F3N7O4/c1-25(2)53-33-22-35-44-29(23-49(35)24-32(33)46-37(51)30-9-7-10-34(45-30)39(40,41)42)8-5-3-4-6-19-48-20-17-27(18-21-48)26-11-13-28(14-12-26)43-31-15-16-36(50)47-38(31)52/h7,9-14,22-25,27,31,43H,3-6,8,15-21H2,1-2H3,(H,46,51)(H,47,50,52). The molecule has 2 aliphatic heterocycles. The molecule has 282 valence electrons. The van der Waals surface area contributed by atoms with E-state index >= 15 is 0 Å². The molecule has 11 nitrogen and oxygen atoms in total. The second-order valence-corrected chi connectivity index (χ2v) is 14.1. The summed E-state index contributed by atoms with van der Waals surface area (Å²) in [6.07, 6.45) is 6.91. The van der Waals surface area contributed by atoms with Crippen LogP contribution in [0.1, 0.15) is 98.6 Å². The molecule has 0 bridgehead atoms. The second kappa shape index (κ2) is 16.8. The van der Waals surface area contributed by atoms with E-state index in [9.17, 15) is 27.6 Å². The predicted octanol–water partition coefficient (Wildman–Crippen LogP) is 6.99. The van der Waals surface area contributed by atoms with Gasteiger partial charge in [0.2, 0.25) is 11.8 Å². The maximum Gasteiger partial charge on any atom is 0.433 e. The van der Waals surface area contributed by atoms with E-state index in [1.807, 2.05) is 32.2 Å². The third-order valence-electron chi connectivity index (χ3n) is 9.69. The number of aromatic nitrogens is 3. The Labute approximate surface area is 306 Å². The van der Waals surface area contributed by atoms with Gasteiger partial charge < -0.3 is 24.7 Å². The number of imidazole rings is 1. The number of likely N-dealkylation sites (tertiary alicyclic amines) is 1. The van der Waals surface area contributed by atoms with Gasteiger partial charge in [-0.25, -0.2) is 9.97 Å². The predicted molar refractivity (Wildman–Crippen MR) is 195 cm³/mol. The number of benzene rings is 1. The molecule has 1 unspecified atom stereocenters. The number of fused-ring (bicyclic) bond motifs is 1. The van der Waals surface area contributed by atoms with Crippen molar-refractivity contribution in [2.24, 2.45) is 0 Å². The molecular weight excluding hydrogens is 687 g/mol. The van der Waals surface area contributed by atoms with Gasteiger partial charge in [-0.1, -0.05) is 31.0 Å². The highest BCUT2D eigenvalue weighted by Crippen LogP contribution is 2.31. The molecule has 6 rings (SSSR count). The van der Waals surface area contributed by atoms with Gasteiger partial charge in [0, 0.05) is 30.6 Å². The molecule has 53 heavy (non-hydrogen) atoms. The number of unbranched alkanes of at least 4 members (excludes halogenated alkanes) is 3. The van der Waals surface area contributed by atoms with Crippen molar-refractivity contribution in [1.82, 2.24) is 24.6 Å². The fourth-order valence-electron chi connectivity index (χ4n) is 6.91. The van der Waals surface area contributed by atoms with Gasteiger partial charge in [0.15, 0.2) is 0 Å². The summed E-state index contributed by atoms with van der Waals surface area (Å²) in [4.78, 5) is 47.2. The van der Waals surface area contributed by atoms with E-state index in [2.05, 4.69) is 38.0 Å². The molecule has 2 saturated heterocycles. The first-order chi connectivity index (χ1) is 25.4. The third-order valence-corrected chi connectivity index (χ3v) is 9.69. The van der Waals surface area contributed by atoms with E-state index in [1.54, 1.807) is 16.7 Å². The number of nitrogens with zero attached hydrogens (tertiary/aromatic N) is 4. The van der Waals surface area contributed by atoms with Crippen LogP contribution >= 0.6 is 0 Å². The monoisotopic (exact) mass is 733 g/mol. The molecule has 5 heterocycles. The van der Waals surface area contributed by atoms with Crippen LogP contribution in [0.25, 0.3) is 5.65 Å². The number of pyridine rings is 2. The fraction of sp³-hybridized carbons (Fsp3) is 0.462. The first kappa shape index (κ1) is 37.8. The van der Waals surface area contributed by atoms with Gasteiger partial charge in [0.25, 0.3) is 5.91 Å². The molecule has 1 atom stereocenters. The molecule has 4 aromatic rings. The van der Waals surface area contributed by atoms with Gasteiger partial charge in [-0.3, -0.25) is 19.7 Å². The van der Waals surface area contributed by atoms with Crippen LogP contribution in [0.15, 0.2) is 60.9 Å². The van der Waals surface area contributed by atoms with Crippen molar-refractivity contribution in [2.45, 2.75) is 95.9 Å². The lowest BCUT2D eigenvalue weighted by atomic mass is 9.89. The number of nitrogens with one attached hydrogen (secondary N) is 3. The minimum absolute atomic E-state index is 0.212. The van der Waals surface area contributed by atoms with Crippen LogP contribution in [0, 0.1) is 0 Å². The zero-order valence-corrected chi connectivity index (χ0v) is 30.0. The zero-order valence-electron chi connectivity index (χ0n) is 30.0. The van der Waals surface area contributed by atoms with Crippen LogP contribution in [-0.4, -0.2) is 68.8 Å². The van der Waals surface area contributed by atoms with Crippen molar-refractivity contribution >= 4 is 34.7 Å². The fourth-order valence-corrected chi connectivity index (χ4v) is 6.91. The number of carbonyl (C=O) groups is 3. The maximum absolute atomic E-state index is 13.2. The van der Waals surface area contributed by atoms with Crippen molar-refractivity contribution in [3.05, 3.63) is 83.6 Å². The Hall–Kier alpha value is -4.98. The Morgan fingerprint density at radius 2 is 1.74 bits per heavy atom. The van der Waals surface area contributed by atoms with Gasteiger partial charge in [0.1, 0.15) is 34.5 Å². The summed E-state index contributed by atoms with van der Waals surface area (Å²) in [6.45, 7) is 6.92. The number of rotatable bonds is 14. The second-order valence-electron chi connectivity index (χ2n) is 14.1. The lowest BCUT2D eigenvalue weighted by Crippen LogP contribution is -2.47. The molecule has 0 spiro atoms. The molecule has 3 N–H and O–H groups in total. The largest absolute Gasteiger partial charge is 0.489 e. The number of carbonyl (C=O) groups excluding carboxylic acids is 3. The summed E-state index contributed by atoms with van der Waals surface area (Å²) in [5.41, 5.74) is 2.58. The Bertz CT molecular complexity index is 1900. The highest BCUT2D eigenvalue weighted by molar-refractivity contribution is 6.04. The number of amides is 3. The van der Waals surface area contributed by atoms with Crippen molar-refractivity contribution < 1.29 is 32.3 Å². The summed E-state index contributed by atoms with van der Waals surface area (Å²) in [6, 6.07) is 12.9. The van der Waals surface area contributed by atoms with E-state index < -0.39 is 17.8 Å². The van der Waals surface area contributed by atoms with Gasteiger partial charge in [-0.2, -0.15) is 13.2 Å². The summed E-state index contributed by atoms with van der Waals surface area (Å²) >= 11 is 0. The van der Waals surface area contributed by atoms with Crippen LogP contribution in [0.4, 0.5) is 24.5 Å². The van der Waals surface area contributed by atoms with E-state index in [4.69, 9.17) is 9.72 Å². The number of anilines is 2. The van der Waals surface area contributed by atoms with E-state index in [-0.39, 0.29) is 29.7 Å². The van der Waals surface area contributed by atoms with Gasteiger partial charge in [0.05, 0.1) is 11.8 Å². The molecule has 0 saturated carbocycles. The molecule has 0 aliphatic carbocycles. The van der Waals surface area contributed by atoms with Crippen molar-refractivity contribution in [1.29, 1.82) is 0 Å². The molecule has 3 aromatic heterocycles. The molecule has 2 fully saturated rings. The van der Waals surface area contributed by atoms with Crippen LogP contribution in [-0.2, 0) is 22.2 Å². The lowest BCUT2D eigenvalue weighted by Gasteiger charge is -2.32. The Kier molecular flexibility index (Phi) is 12.0. The summed E-state index contributed by atoms with van der Waals surface area (Å²) in [5, 5.41) is 8.30. The first-order valence-corrected chi connectivity index (χ1v) is 18.4. The molecule has 0 radical (unpaired) electrons. The molecular formula is C39H46F3N7O4. The van der Waals surface area contributed by atoms with Crippen molar-refractivity contribution in [3.8, 4) is 5.75 Å². The molecule has 2 aliphatic rings. The normalized spacial score (nSPS) is 17.3. The highest BCUT2D eigenvalue weighted by Gasteiger charge is 2.33.